The Labute approximate surface area is 118 Å². The monoisotopic (exact) mass is 263 g/mol. The van der Waals surface area contributed by atoms with Crippen molar-refractivity contribution in [2.45, 2.75) is 60.3 Å². The Morgan fingerprint density at radius 1 is 1.05 bits per heavy atom. The van der Waals surface area contributed by atoms with Gasteiger partial charge in [0.15, 0.2) is 0 Å². The van der Waals surface area contributed by atoms with Crippen molar-refractivity contribution in [2.24, 2.45) is 5.92 Å². The first-order valence-corrected chi connectivity index (χ1v) is 7.50. The van der Waals surface area contributed by atoms with E-state index in [0.717, 1.165) is 43.1 Å². The topological polar surface area (TPSA) is 37.8 Å². The molecule has 1 heterocycles. The summed E-state index contributed by atoms with van der Waals surface area (Å²) in [5.41, 5.74) is 3.60. The standard InChI is InChI=1S/C16H29N3/c1-7-12(4)16-18-13(5)15(14(6)19-16)8-9-17-10-11(2)3/h11-12,17H,7-10H2,1-6H3. The van der Waals surface area contributed by atoms with E-state index in [-0.39, 0.29) is 0 Å². The molecule has 1 aromatic rings. The number of hydrogen-bond donors (Lipinski definition) is 1. The van der Waals surface area contributed by atoms with Crippen LogP contribution in [0.3, 0.4) is 0 Å². The number of rotatable bonds is 7. The molecule has 0 fully saturated rings. The number of nitrogens with zero attached hydrogens (tertiary/aromatic N) is 2. The van der Waals surface area contributed by atoms with Crippen molar-refractivity contribution >= 4 is 0 Å². The van der Waals surface area contributed by atoms with Gasteiger partial charge in [0.1, 0.15) is 5.82 Å². The third kappa shape index (κ3) is 4.90. The first-order valence-electron chi connectivity index (χ1n) is 7.50. The molecule has 0 aliphatic carbocycles. The Bertz CT molecular complexity index is 376. The Hall–Kier alpha value is -0.960. The average Bonchev–Trinajstić information content (AvgIpc) is 2.35. The fourth-order valence-electron chi connectivity index (χ4n) is 2.13. The second kappa shape index (κ2) is 7.59. The summed E-state index contributed by atoms with van der Waals surface area (Å²) in [7, 11) is 0. The van der Waals surface area contributed by atoms with E-state index < -0.39 is 0 Å². The summed E-state index contributed by atoms with van der Waals surface area (Å²) in [6.07, 6.45) is 2.11. The molecular formula is C16H29N3. The predicted octanol–water partition coefficient (Wildman–Crippen LogP) is 3.40. The Kier molecular flexibility index (Phi) is 6.43. The minimum absolute atomic E-state index is 0.450. The van der Waals surface area contributed by atoms with Crippen molar-refractivity contribution in [1.82, 2.24) is 15.3 Å². The summed E-state index contributed by atoms with van der Waals surface area (Å²) in [5, 5.41) is 3.48. The molecule has 0 aromatic carbocycles. The van der Waals surface area contributed by atoms with Gasteiger partial charge < -0.3 is 5.32 Å². The Morgan fingerprint density at radius 3 is 2.11 bits per heavy atom. The lowest BCUT2D eigenvalue weighted by molar-refractivity contribution is 0.552. The van der Waals surface area contributed by atoms with E-state index in [0.29, 0.717) is 11.8 Å². The summed E-state index contributed by atoms with van der Waals surface area (Å²) in [6, 6.07) is 0. The number of aromatic nitrogens is 2. The molecule has 0 saturated carbocycles. The van der Waals surface area contributed by atoms with Crippen LogP contribution < -0.4 is 5.32 Å². The SMILES string of the molecule is CCC(C)c1nc(C)c(CCNCC(C)C)c(C)n1. The maximum atomic E-state index is 4.68. The summed E-state index contributed by atoms with van der Waals surface area (Å²) >= 11 is 0. The normalized spacial score (nSPS) is 13.0. The van der Waals surface area contributed by atoms with E-state index in [1.807, 2.05) is 0 Å². The summed E-state index contributed by atoms with van der Waals surface area (Å²) in [5.74, 6) is 2.15. The zero-order valence-corrected chi connectivity index (χ0v) is 13.4. The molecular weight excluding hydrogens is 234 g/mol. The highest BCUT2D eigenvalue weighted by atomic mass is 14.9. The van der Waals surface area contributed by atoms with E-state index in [1.165, 1.54) is 5.56 Å². The van der Waals surface area contributed by atoms with Crippen molar-refractivity contribution in [3.8, 4) is 0 Å². The molecule has 3 nitrogen and oxygen atoms in total. The van der Waals surface area contributed by atoms with Crippen molar-refractivity contribution in [2.75, 3.05) is 13.1 Å². The highest BCUT2D eigenvalue weighted by molar-refractivity contribution is 5.25. The molecule has 1 unspecified atom stereocenters. The molecule has 0 radical (unpaired) electrons. The smallest absolute Gasteiger partial charge is 0.131 e. The van der Waals surface area contributed by atoms with E-state index in [9.17, 15) is 0 Å². The van der Waals surface area contributed by atoms with Crippen LogP contribution in [0.2, 0.25) is 0 Å². The van der Waals surface area contributed by atoms with Gasteiger partial charge in [0.05, 0.1) is 0 Å². The molecule has 3 heteroatoms. The van der Waals surface area contributed by atoms with Crippen molar-refractivity contribution < 1.29 is 0 Å². The number of aryl methyl sites for hydroxylation is 2. The third-order valence-corrected chi connectivity index (χ3v) is 3.60. The lowest BCUT2D eigenvalue weighted by Crippen LogP contribution is -2.23. The van der Waals surface area contributed by atoms with Gasteiger partial charge in [-0.1, -0.05) is 27.7 Å². The highest BCUT2D eigenvalue weighted by Crippen LogP contribution is 2.18. The van der Waals surface area contributed by atoms with Gasteiger partial charge in [-0.2, -0.15) is 0 Å². The van der Waals surface area contributed by atoms with Crippen LogP contribution in [0, 0.1) is 19.8 Å². The number of hydrogen-bond acceptors (Lipinski definition) is 3. The lowest BCUT2D eigenvalue weighted by Gasteiger charge is -2.14. The second-order valence-electron chi connectivity index (χ2n) is 5.89. The molecule has 0 bridgehead atoms. The van der Waals surface area contributed by atoms with E-state index >= 15 is 0 Å². The molecule has 1 rings (SSSR count). The van der Waals surface area contributed by atoms with Crippen LogP contribution >= 0.6 is 0 Å². The van der Waals surface area contributed by atoms with Gasteiger partial charge in [-0.05, 0) is 51.3 Å². The summed E-state index contributed by atoms with van der Waals surface area (Å²) in [4.78, 5) is 9.36. The molecule has 1 N–H and O–H groups in total. The first kappa shape index (κ1) is 16.1. The van der Waals surface area contributed by atoms with Crippen molar-refractivity contribution in [3.05, 3.63) is 22.8 Å². The maximum Gasteiger partial charge on any atom is 0.131 e. The number of nitrogens with one attached hydrogen (secondary N) is 1. The lowest BCUT2D eigenvalue weighted by atomic mass is 10.1. The second-order valence-corrected chi connectivity index (χ2v) is 5.89. The van der Waals surface area contributed by atoms with E-state index in [1.54, 1.807) is 0 Å². The third-order valence-electron chi connectivity index (χ3n) is 3.60. The largest absolute Gasteiger partial charge is 0.316 e. The summed E-state index contributed by atoms with van der Waals surface area (Å²) in [6.45, 7) is 15.1. The minimum atomic E-state index is 0.450. The van der Waals surface area contributed by atoms with Gasteiger partial charge in [-0.3, -0.25) is 0 Å². The van der Waals surface area contributed by atoms with Crippen molar-refractivity contribution in [3.63, 3.8) is 0 Å². The molecule has 0 saturated heterocycles. The Morgan fingerprint density at radius 2 is 1.63 bits per heavy atom. The summed E-state index contributed by atoms with van der Waals surface area (Å²) < 4.78 is 0. The van der Waals surface area contributed by atoms with Gasteiger partial charge in [0, 0.05) is 17.3 Å². The van der Waals surface area contributed by atoms with Gasteiger partial charge in [-0.25, -0.2) is 9.97 Å². The highest BCUT2D eigenvalue weighted by Gasteiger charge is 2.12. The molecule has 0 amide bonds. The molecule has 0 aliphatic rings. The van der Waals surface area contributed by atoms with E-state index in [4.69, 9.17) is 0 Å². The quantitative estimate of drug-likeness (QED) is 0.766. The zero-order chi connectivity index (χ0) is 14.4. The fourth-order valence-corrected chi connectivity index (χ4v) is 2.13. The van der Waals surface area contributed by atoms with Crippen LogP contribution in [0.4, 0.5) is 0 Å². The zero-order valence-electron chi connectivity index (χ0n) is 13.4. The van der Waals surface area contributed by atoms with Gasteiger partial charge in [-0.15, -0.1) is 0 Å². The Balaban J connectivity index is 2.69. The van der Waals surface area contributed by atoms with Gasteiger partial charge >= 0.3 is 0 Å². The van der Waals surface area contributed by atoms with Gasteiger partial charge in [0.25, 0.3) is 0 Å². The van der Waals surface area contributed by atoms with Crippen LogP contribution in [0.1, 0.15) is 62.8 Å². The van der Waals surface area contributed by atoms with Crippen LogP contribution in [0.15, 0.2) is 0 Å². The molecule has 1 aromatic heterocycles. The van der Waals surface area contributed by atoms with Crippen LogP contribution in [-0.2, 0) is 6.42 Å². The first-order chi connectivity index (χ1) is 8.95. The van der Waals surface area contributed by atoms with Crippen molar-refractivity contribution in [1.29, 1.82) is 0 Å². The fraction of sp³-hybridized carbons (Fsp3) is 0.750. The molecule has 19 heavy (non-hydrogen) atoms. The predicted molar refractivity (Wildman–Crippen MR) is 81.6 cm³/mol. The molecule has 0 spiro atoms. The molecule has 0 aliphatic heterocycles. The molecule has 108 valence electrons. The minimum Gasteiger partial charge on any atom is -0.316 e. The maximum absolute atomic E-state index is 4.68. The molecule has 1 atom stereocenters. The average molecular weight is 263 g/mol. The van der Waals surface area contributed by atoms with E-state index in [2.05, 4.69) is 56.8 Å². The van der Waals surface area contributed by atoms with Crippen LogP contribution in [-0.4, -0.2) is 23.1 Å². The van der Waals surface area contributed by atoms with Crippen LogP contribution in [0.5, 0.6) is 0 Å². The van der Waals surface area contributed by atoms with Crippen LogP contribution in [0.25, 0.3) is 0 Å². The van der Waals surface area contributed by atoms with Gasteiger partial charge in [0.2, 0.25) is 0 Å².